The summed E-state index contributed by atoms with van der Waals surface area (Å²) in [5.41, 5.74) is 3.47. The van der Waals surface area contributed by atoms with Crippen LogP contribution in [0.1, 0.15) is 11.1 Å². The van der Waals surface area contributed by atoms with Gasteiger partial charge in [0.1, 0.15) is 4.90 Å². The molecule has 5 rings (SSSR count). The first-order valence-corrected chi connectivity index (χ1v) is 13.2. The van der Waals surface area contributed by atoms with E-state index in [1.54, 1.807) is 60.4 Å². The van der Waals surface area contributed by atoms with Crippen LogP contribution in [0.2, 0.25) is 0 Å². The molecule has 0 bridgehead atoms. The molecule has 0 unspecified atom stereocenters. The maximum atomic E-state index is 13.1. The monoisotopic (exact) mass is 488 g/mol. The molecule has 0 radical (unpaired) electrons. The number of hydrogen-bond acceptors (Lipinski definition) is 7. The molecule has 0 atom stereocenters. The van der Waals surface area contributed by atoms with E-state index in [-0.39, 0.29) is 4.90 Å². The fraction of sp³-hybridized carbons (Fsp3) is 0.0417. The quantitative estimate of drug-likeness (QED) is 0.303. The second kappa shape index (κ2) is 8.83. The molecule has 2 heterocycles. The Morgan fingerprint density at radius 1 is 1.03 bits per heavy atom. The van der Waals surface area contributed by atoms with Crippen LogP contribution in [0, 0.1) is 11.3 Å². The number of fused-ring (bicyclic) bond motifs is 2. The van der Waals surface area contributed by atoms with Gasteiger partial charge >= 0.3 is 0 Å². The van der Waals surface area contributed by atoms with Gasteiger partial charge in [-0.25, -0.2) is 13.4 Å². The van der Waals surface area contributed by atoms with E-state index in [4.69, 9.17) is 5.26 Å². The highest BCUT2D eigenvalue weighted by Gasteiger charge is 2.19. The Kier molecular flexibility index (Phi) is 5.72. The van der Waals surface area contributed by atoms with Crippen molar-refractivity contribution in [3.05, 3.63) is 90.1 Å². The van der Waals surface area contributed by atoms with Crippen LogP contribution < -0.4 is 4.72 Å². The van der Waals surface area contributed by atoms with Crippen LogP contribution in [0.15, 0.2) is 88.2 Å². The van der Waals surface area contributed by atoms with Crippen LogP contribution in [0.5, 0.6) is 0 Å². The van der Waals surface area contributed by atoms with E-state index in [1.165, 1.54) is 11.3 Å². The number of nitriles is 1. The second-order valence-electron chi connectivity index (χ2n) is 7.20. The highest BCUT2D eigenvalue weighted by atomic mass is 32.2. The van der Waals surface area contributed by atoms with E-state index in [9.17, 15) is 8.42 Å². The topological polar surface area (TPSA) is 95.7 Å². The number of sulfonamides is 1. The minimum Gasteiger partial charge on any atom is -0.280 e. The molecule has 0 saturated carbocycles. The van der Waals surface area contributed by atoms with Crippen LogP contribution in [0.4, 0.5) is 5.69 Å². The Labute approximate surface area is 199 Å². The van der Waals surface area contributed by atoms with Crippen LogP contribution >= 0.6 is 23.1 Å². The van der Waals surface area contributed by atoms with E-state index < -0.39 is 10.0 Å². The van der Waals surface area contributed by atoms with Crippen molar-refractivity contribution in [2.75, 3.05) is 4.72 Å². The number of para-hydroxylation sites is 1. The number of thioether (sulfide) groups is 1. The lowest BCUT2D eigenvalue weighted by Gasteiger charge is -2.10. The van der Waals surface area contributed by atoms with Crippen LogP contribution in [-0.4, -0.2) is 18.4 Å². The highest BCUT2D eigenvalue weighted by molar-refractivity contribution is 8.00. The van der Waals surface area contributed by atoms with Crippen molar-refractivity contribution in [2.45, 2.75) is 15.0 Å². The number of nitrogens with zero attached hydrogens (tertiary/aromatic N) is 3. The molecule has 162 valence electrons. The number of benzene rings is 3. The number of nitrogens with one attached hydrogen (secondary N) is 1. The lowest BCUT2D eigenvalue weighted by molar-refractivity contribution is 0.602. The summed E-state index contributed by atoms with van der Waals surface area (Å²) in [6.45, 7) is 0. The number of rotatable bonds is 6. The Hall–Kier alpha value is -3.45. The first kappa shape index (κ1) is 21.4. The summed E-state index contributed by atoms with van der Waals surface area (Å²) in [5.74, 6) is 0.735. The summed E-state index contributed by atoms with van der Waals surface area (Å²) in [5, 5.41) is 9.68. The molecule has 9 heteroatoms. The zero-order valence-corrected chi connectivity index (χ0v) is 19.5. The standard InChI is InChI=1S/C24H16N4O2S3/c25-14-16-6-8-17(9-7-16)15-31-24-27-20-11-10-19(13-21(20)32-24)28-33(29,30)22-5-1-3-18-4-2-12-26-23(18)22/h1-13,28H,15H2. The minimum absolute atomic E-state index is 0.142. The predicted octanol–water partition coefficient (Wildman–Crippen LogP) is 5.81. The molecule has 0 aliphatic carbocycles. The van der Waals surface area contributed by atoms with Gasteiger partial charge in [-0.15, -0.1) is 11.3 Å². The Morgan fingerprint density at radius 3 is 2.67 bits per heavy atom. The van der Waals surface area contributed by atoms with Gasteiger partial charge in [0.25, 0.3) is 10.0 Å². The average molecular weight is 489 g/mol. The SMILES string of the molecule is N#Cc1ccc(CSc2nc3ccc(NS(=O)(=O)c4cccc5cccnc45)cc3s2)cc1. The van der Waals surface area contributed by atoms with Gasteiger partial charge in [0.05, 0.1) is 33.1 Å². The Bertz CT molecular complexity index is 1620. The largest absolute Gasteiger partial charge is 0.280 e. The summed E-state index contributed by atoms with van der Waals surface area (Å²) in [7, 11) is -3.81. The van der Waals surface area contributed by atoms with E-state index in [2.05, 4.69) is 20.8 Å². The lowest BCUT2D eigenvalue weighted by Crippen LogP contribution is -2.13. The maximum Gasteiger partial charge on any atom is 0.264 e. The third-order valence-corrected chi connectivity index (χ3v) is 8.60. The second-order valence-corrected chi connectivity index (χ2v) is 11.1. The molecule has 0 aliphatic rings. The Morgan fingerprint density at radius 2 is 1.85 bits per heavy atom. The summed E-state index contributed by atoms with van der Waals surface area (Å²) in [6.07, 6.45) is 1.59. The van der Waals surface area contributed by atoms with E-state index in [1.807, 2.05) is 30.3 Å². The van der Waals surface area contributed by atoms with Gasteiger partial charge in [0, 0.05) is 17.3 Å². The lowest BCUT2D eigenvalue weighted by atomic mass is 10.2. The van der Waals surface area contributed by atoms with E-state index in [0.29, 0.717) is 16.8 Å². The van der Waals surface area contributed by atoms with Crippen molar-refractivity contribution in [1.29, 1.82) is 5.26 Å². The summed E-state index contributed by atoms with van der Waals surface area (Å²) in [6, 6.07) is 23.6. The zero-order valence-electron chi connectivity index (χ0n) is 17.1. The molecule has 6 nitrogen and oxygen atoms in total. The van der Waals surface area contributed by atoms with E-state index in [0.717, 1.165) is 31.3 Å². The van der Waals surface area contributed by atoms with Gasteiger partial charge in [-0.3, -0.25) is 9.71 Å². The zero-order chi connectivity index (χ0) is 22.8. The van der Waals surface area contributed by atoms with Crippen molar-refractivity contribution in [2.24, 2.45) is 0 Å². The number of pyridine rings is 1. The van der Waals surface area contributed by atoms with Gasteiger partial charge in [0.2, 0.25) is 0 Å². The molecular weight excluding hydrogens is 472 g/mol. The number of aromatic nitrogens is 2. The number of hydrogen-bond donors (Lipinski definition) is 1. The molecule has 0 saturated heterocycles. The summed E-state index contributed by atoms with van der Waals surface area (Å²) < 4.78 is 30.6. The van der Waals surface area contributed by atoms with Crippen molar-refractivity contribution in [1.82, 2.24) is 9.97 Å². The molecule has 5 aromatic rings. The summed E-state index contributed by atoms with van der Waals surface area (Å²) >= 11 is 3.12. The van der Waals surface area contributed by atoms with Crippen LogP contribution in [0.25, 0.3) is 21.1 Å². The normalized spacial score (nSPS) is 11.5. The summed E-state index contributed by atoms with van der Waals surface area (Å²) in [4.78, 5) is 9.03. The smallest absolute Gasteiger partial charge is 0.264 e. The first-order chi connectivity index (χ1) is 16.0. The Balaban J connectivity index is 1.36. The number of thiazole rings is 1. The predicted molar refractivity (Wildman–Crippen MR) is 133 cm³/mol. The van der Waals surface area contributed by atoms with Gasteiger partial charge < -0.3 is 0 Å². The van der Waals surface area contributed by atoms with Crippen molar-refractivity contribution >= 4 is 59.9 Å². The van der Waals surface area contributed by atoms with Gasteiger partial charge in [-0.05, 0) is 48.0 Å². The van der Waals surface area contributed by atoms with Gasteiger partial charge in [-0.2, -0.15) is 5.26 Å². The molecule has 33 heavy (non-hydrogen) atoms. The van der Waals surface area contributed by atoms with E-state index >= 15 is 0 Å². The molecular formula is C24H16N4O2S3. The van der Waals surface area contributed by atoms with Crippen LogP contribution in [-0.2, 0) is 15.8 Å². The van der Waals surface area contributed by atoms with Crippen molar-refractivity contribution in [3.63, 3.8) is 0 Å². The first-order valence-electron chi connectivity index (χ1n) is 9.91. The molecule has 0 amide bonds. The average Bonchev–Trinajstić information content (AvgIpc) is 3.24. The molecule has 3 aromatic carbocycles. The molecule has 0 aliphatic heterocycles. The third kappa shape index (κ3) is 4.54. The van der Waals surface area contributed by atoms with Gasteiger partial charge in [-0.1, -0.05) is 42.1 Å². The van der Waals surface area contributed by atoms with Crippen molar-refractivity contribution in [3.8, 4) is 6.07 Å². The molecule has 2 aromatic heterocycles. The number of anilines is 1. The minimum atomic E-state index is -3.81. The fourth-order valence-electron chi connectivity index (χ4n) is 3.35. The fourth-order valence-corrected chi connectivity index (χ4v) is 6.65. The molecule has 0 fully saturated rings. The van der Waals surface area contributed by atoms with Gasteiger partial charge in [0.15, 0.2) is 4.34 Å². The van der Waals surface area contributed by atoms with Crippen LogP contribution in [0.3, 0.4) is 0 Å². The molecule has 0 spiro atoms. The third-order valence-electron chi connectivity index (χ3n) is 4.95. The van der Waals surface area contributed by atoms with Crippen molar-refractivity contribution < 1.29 is 8.42 Å². The molecule has 1 N–H and O–H groups in total. The highest BCUT2D eigenvalue weighted by Crippen LogP contribution is 2.33. The maximum absolute atomic E-state index is 13.1.